The Balaban J connectivity index is 2.09. The number of halogens is 1. The van der Waals surface area contributed by atoms with Gasteiger partial charge < -0.3 is 9.84 Å². The average molecular weight is 260 g/mol. The van der Waals surface area contributed by atoms with Gasteiger partial charge in [-0.15, -0.1) is 0 Å². The van der Waals surface area contributed by atoms with E-state index in [9.17, 15) is 9.50 Å². The van der Waals surface area contributed by atoms with Crippen LogP contribution in [0.25, 0.3) is 0 Å². The molecular weight excluding hydrogens is 243 g/mol. The Bertz CT molecular complexity index is 540. The second-order valence-corrected chi connectivity index (χ2v) is 4.48. The van der Waals surface area contributed by atoms with Crippen molar-refractivity contribution in [2.24, 2.45) is 0 Å². The molecule has 2 nitrogen and oxygen atoms in total. The van der Waals surface area contributed by atoms with Crippen molar-refractivity contribution < 1.29 is 14.2 Å². The third kappa shape index (κ3) is 3.32. The zero-order chi connectivity index (χ0) is 13.7. The fourth-order valence-corrected chi connectivity index (χ4v) is 2.04. The molecule has 3 heteroatoms. The number of rotatable bonds is 5. The van der Waals surface area contributed by atoms with Crippen LogP contribution in [-0.2, 0) is 0 Å². The lowest BCUT2D eigenvalue weighted by Crippen LogP contribution is -2.15. The number of aliphatic hydroxyl groups is 1. The van der Waals surface area contributed by atoms with Gasteiger partial charge in [0.15, 0.2) is 11.6 Å². The molecule has 0 radical (unpaired) electrons. The standard InChI is InChI=1S/C16H17FO2/c1-12-6-2-3-7-14(12)13(10-18)11-19-16-9-5-4-8-15(16)17/h2-9,13,18H,10-11H2,1H3. The van der Waals surface area contributed by atoms with Gasteiger partial charge in [-0.2, -0.15) is 0 Å². The first-order chi connectivity index (χ1) is 9.22. The molecule has 0 saturated heterocycles. The molecule has 0 aliphatic rings. The van der Waals surface area contributed by atoms with E-state index >= 15 is 0 Å². The smallest absolute Gasteiger partial charge is 0.165 e. The monoisotopic (exact) mass is 260 g/mol. The van der Waals surface area contributed by atoms with Crippen LogP contribution in [0.5, 0.6) is 5.75 Å². The fraction of sp³-hybridized carbons (Fsp3) is 0.250. The topological polar surface area (TPSA) is 29.5 Å². The summed E-state index contributed by atoms with van der Waals surface area (Å²) in [5.74, 6) is -0.320. The third-order valence-corrected chi connectivity index (χ3v) is 3.13. The van der Waals surface area contributed by atoms with Gasteiger partial charge in [0.2, 0.25) is 0 Å². The Morgan fingerprint density at radius 2 is 1.79 bits per heavy atom. The second-order valence-electron chi connectivity index (χ2n) is 4.48. The molecule has 0 bridgehead atoms. The highest BCUT2D eigenvalue weighted by molar-refractivity contribution is 5.30. The normalized spacial score (nSPS) is 12.2. The van der Waals surface area contributed by atoms with Crippen molar-refractivity contribution in [3.63, 3.8) is 0 Å². The second kappa shape index (κ2) is 6.34. The molecule has 2 aromatic rings. The summed E-state index contributed by atoms with van der Waals surface area (Å²) in [6.07, 6.45) is 0. The number of aliphatic hydroxyl groups excluding tert-OH is 1. The van der Waals surface area contributed by atoms with E-state index in [0.717, 1.165) is 11.1 Å². The van der Waals surface area contributed by atoms with Crippen molar-refractivity contribution >= 4 is 0 Å². The molecule has 0 fully saturated rings. The summed E-state index contributed by atoms with van der Waals surface area (Å²) in [6, 6.07) is 14.1. The van der Waals surface area contributed by atoms with Crippen molar-refractivity contribution in [1.82, 2.24) is 0 Å². The van der Waals surface area contributed by atoms with Gasteiger partial charge in [-0.3, -0.25) is 0 Å². The highest BCUT2D eigenvalue weighted by Gasteiger charge is 2.14. The van der Waals surface area contributed by atoms with Crippen LogP contribution in [0.3, 0.4) is 0 Å². The largest absolute Gasteiger partial charge is 0.490 e. The lowest BCUT2D eigenvalue weighted by Gasteiger charge is -2.18. The molecule has 0 amide bonds. The molecule has 0 aliphatic carbocycles. The molecule has 1 atom stereocenters. The molecule has 1 N–H and O–H groups in total. The first kappa shape index (κ1) is 13.6. The van der Waals surface area contributed by atoms with Crippen molar-refractivity contribution in [1.29, 1.82) is 0 Å². The Morgan fingerprint density at radius 1 is 1.11 bits per heavy atom. The van der Waals surface area contributed by atoms with Crippen LogP contribution < -0.4 is 4.74 Å². The van der Waals surface area contributed by atoms with E-state index in [1.807, 2.05) is 31.2 Å². The maximum atomic E-state index is 13.4. The van der Waals surface area contributed by atoms with Crippen molar-refractivity contribution in [3.8, 4) is 5.75 Å². The molecule has 19 heavy (non-hydrogen) atoms. The lowest BCUT2D eigenvalue weighted by molar-refractivity contribution is 0.200. The maximum Gasteiger partial charge on any atom is 0.165 e. The zero-order valence-electron chi connectivity index (χ0n) is 10.8. The van der Waals surface area contributed by atoms with Gasteiger partial charge in [0.25, 0.3) is 0 Å². The van der Waals surface area contributed by atoms with E-state index in [4.69, 9.17) is 4.74 Å². The van der Waals surface area contributed by atoms with Crippen LogP contribution in [-0.4, -0.2) is 18.3 Å². The predicted octanol–water partition coefficient (Wildman–Crippen LogP) is 3.29. The first-order valence-electron chi connectivity index (χ1n) is 6.26. The highest BCUT2D eigenvalue weighted by Crippen LogP contribution is 2.22. The van der Waals surface area contributed by atoms with Gasteiger partial charge in [0.05, 0.1) is 13.2 Å². The van der Waals surface area contributed by atoms with Gasteiger partial charge >= 0.3 is 0 Å². The molecule has 0 spiro atoms. The summed E-state index contributed by atoms with van der Waals surface area (Å²) in [6.45, 7) is 2.21. The maximum absolute atomic E-state index is 13.4. The van der Waals surface area contributed by atoms with Gasteiger partial charge in [0, 0.05) is 5.92 Å². The number of para-hydroxylation sites is 1. The van der Waals surface area contributed by atoms with Gasteiger partial charge in [-0.1, -0.05) is 36.4 Å². The molecule has 0 heterocycles. The molecular formula is C16H17FO2. The Kier molecular flexibility index (Phi) is 4.53. The van der Waals surface area contributed by atoms with E-state index in [1.165, 1.54) is 6.07 Å². The number of hydrogen-bond donors (Lipinski definition) is 1. The lowest BCUT2D eigenvalue weighted by atomic mass is 9.96. The number of benzene rings is 2. The van der Waals surface area contributed by atoms with Crippen LogP contribution in [0.1, 0.15) is 17.0 Å². The van der Waals surface area contributed by atoms with Crippen LogP contribution in [0, 0.1) is 12.7 Å². The summed E-state index contributed by atoms with van der Waals surface area (Å²) < 4.78 is 18.9. The minimum absolute atomic E-state index is 0.0285. The molecule has 100 valence electrons. The van der Waals surface area contributed by atoms with E-state index in [0.29, 0.717) is 0 Å². The molecule has 0 aliphatic heterocycles. The minimum atomic E-state index is -0.385. The van der Waals surface area contributed by atoms with Gasteiger partial charge in [-0.05, 0) is 30.2 Å². The van der Waals surface area contributed by atoms with Gasteiger partial charge in [-0.25, -0.2) is 4.39 Å². The van der Waals surface area contributed by atoms with E-state index in [-0.39, 0.29) is 30.7 Å². The van der Waals surface area contributed by atoms with Crippen molar-refractivity contribution in [3.05, 3.63) is 65.5 Å². The highest BCUT2D eigenvalue weighted by atomic mass is 19.1. The quantitative estimate of drug-likeness (QED) is 0.894. The first-order valence-corrected chi connectivity index (χ1v) is 6.26. The molecule has 1 unspecified atom stereocenters. The predicted molar refractivity (Wildman–Crippen MR) is 72.9 cm³/mol. The summed E-state index contributed by atoms with van der Waals surface area (Å²) in [4.78, 5) is 0. The van der Waals surface area contributed by atoms with Crippen LogP contribution >= 0.6 is 0 Å². The Morgan fingerprint density at radius 3 is 2.47 bits per heavy atom. The SMILES string of the molecule is Cc1ccccc1C(CO)COc1ccccc1F. The van der Waals surface area contributed by atoms with Gasteiger partial charge in [0.1, 0.15) is 0 Å². The average Bonchev–Trinajstić information content (AvgIpc) is 2.43. The van der Waals surface area contributed by atoms with Crippen LogP contribution in [0.4, 0.5) is 4.39 Å². The van der Waals surface area contributed by atoms with E-state index < -0.39 is 0 Å². The molecule has 0 aromatic heterocycles. The summed E-state index contributed by atoms with van der Waals surface area (Å²) in [7, 11) is 0. The van der Waals surface area contributed by atoms with Crippen molar-refractivity contribution in [2.75, 3.05) is 13.2 Å². The summed E-state index contributed by atoms with van der Waals surface area (Å²) in [5, 5.41) is 9.48. The summed E-state index contributed by atoms with van der Waals surface area (Å²) in [5.41, 5.74) is 2.13. The number of aryl methyl sites for hydroxylation is 1. The van der Waals surface area contributed by atoms with Crippen LogP contribution in [0.15, 0.2) is 48.5 Å². The zero-order valence-corrected chi connectivity index (χ0v) is 10.8. The third-order valence-electron chi connectivity index (χ3n) is 3.13. The van der Waals surface area contributed by atoms with E-state index in [1.54, 1.807) is 18.2 Å². The minimum Gasteiger partial charge on any atom is -0.490 e. The van der Waals surface area contributed by atoms with Crippen molar-refractivity contribution in [2.45, 2.75) is 12.8 Å². The Labute approximate surface area is 112 Å². The van der Waals surface area contributed by atoms with E-state index in [2.05, 4.69) is 0 Å². The summed E-state index contributed by atoms with van der Waals surface area (Å²) >= 11 is 0. The van der Waals surface area contributed by atoms with Crippen LogP contribution in [0.2, 0.25) is 0 Å². The number of ether oxygens (including phenoxy) is 1. The Hall–Kier alpha value is -1.87. The number of hydrogen-bond acceptors (Lipinski definition) is 2. The molecule has 0 saturated carbocycles. The molecule has 2 aromatic carbocycles. The molecule has 2 rings (SSSR count). The fourth-order valence-electron chi connectivity index (χ4n) is 2.04.